The highest BCUT2D eigenvalue weighted by molar-refractivity contribution is 6.80. The number of ether oxygens (including phenoxy) is 1. The van der Waals surface area contributed by atoms with Crippen LogP contribution in [-0.2, 0) is 14.6 Å². The smallest absolute Gasteiger partial charge is 0.407 e. The topological polar surface area (TPSA) is 47.6 Å². The molecule has 1 fully saturated rings. The Morgan fingerprint density at radius 1 is 1.07 bits per heavy atom. The van der Waals surface area contributed by atoms with Crippen LogP contribution < -0.4 is 15.7 Å². The van der Waals surface area contributed by atoms with Gasteiger partial charge in [0.05, 0.1) is 6.04 Å². The Hall–Kier alpha value is -2.11. The highest BCUT2D eigenvalue weighted by Crippen LogP contribution is 2.21. The molecule has 1 aliphatic heterocycles. The molecule has 5 heteroatoms. The predicted octanol–water partition coefficient (Wildman–Crippen LogP) is 3.38. The summed E-state index contributed by atoms with van der Waals surface area (Å²) in [6, 6.07) is 19.3. The molecule has 0 spiro atoms. The molecule has 2 aromatic rings. The molecule has 1 amide bonds. The molecule has 1 saturated heterocycles. The zero-order valence-corrected chi connectivity index (χ0v) is 18.4. The van der Waals surface area contributed by atoms with E-state index in [0.717, 1.165) is 0 Å². The SMILES string of the molecule is CC1NC(=O)OC1C[C@H](C)O[Si](c1ccccc1)c1ccc(C(C)(C)C)cc1. The maximum Gasteiger partial charge on any atom is 0.407 e. The largest absolute Gasteiger partial charge is 0.444 e. The van der Waals surface area contributed by atoms with Crippen molar-refractivity contribution in [2.24, 2.45) is 0 Å². The third kappa shape index (κ3) is 5.03. The zero-order valence-electron chi connectivity index (χ0n) is 17.4. The van der Waals surface area contributed by atoms with Gasteiger partial charge in [0.2, 0.25) is 0 Å². The zero-order chi connectivity index (χ0) is 20.3. The second kappa shape index (κ2) is 8.49. The van der Waals surface area contributed by atoms with Crippen LogP contribution in [0.3, 0.4) is 0 Å². The summed E-state index contributed by atoms with van der Waals surface area (Å²) in [5.41, 5.74) is 1.44. The molecular formula is C23H30NO3Si. The van der Waals surface area contributed by atoms with Crippen molar-refractivity contribution in [3.63, 3.8) is 0 Å². The van der Waals surface area contributed by atoms with Crippen LogP contribution in [0.25, 0.3) is 0 Å². The second-order valence-corrected chi connectivity index (χ2v) is 10.6. The van der Waals surface area contributed by atoms with Crippen LogP contribution in [0.5, 0.6) is 0 Å². The first kappa shape index (κ1) is 20.6. The van der Waals surface area contributed by atoms with Gasteiger partial charge in [-0.2, -0.15) is 0 Å². The van der Waals surface area contributed by atoms with Crippen molar-refractivity contribution in [3.8, 4) is 0 Å². The lowest BCUT2D eigenvalue weighted by Crippen LogP contribution is -2.47. The van der Waals surface area contributed by atoms with Crippen LogP contribution in [0.2, 0.25) is 0 Å². The number of alkyl carbamates (subject to hydrolysis) is 1. The molecule has 1 N–H and O–H groups in total. The molecule has 2 aromatic carbocycles. The lowest BCUT2D eigenvalue weighted by atomic mass is 9.87. The van der Waals surface area contributed by atoms with E-state index in [0.29, 0.717) is 6.42 Å². The fourth-order valence-corrected chi connectivity index (χ4v) is 5.46. The predicted molar refractivity (Wildman–Crippen MR) is 115 cm³/mol. The van der Waals surface area contributed by atoms with E-state index in [1.807, 2.05) is 13.0 Å². The molecule has 28 heavy (non-hydrogen) atoms. The third-order valence-corrected chi connectivity index (χ3v) is 7.45. The van der Waals surface area contributed by atoms with Gasteiger partial charge >= 0.3 is 6.09 Å². The molecule has 3 atom stereocenters. The second-order valence-electron chi connectivity index (χ2n) is 8.56. The number of carbonyl (C=O) groups excluding carboxylic acids is 1. The summed E-state index contributed by atoms with van der Waals surface area (Å²) in [6.07, 6.45) is 0.179. The van der Waals surface area contributed by atoms with Gasteiger partial charge < -0.3 is 14.5 Å². The third-order valence-electron chi connectivity index (χ3n) is 5.09. The molecule has 3 rings (SSSR count). The van der Waals surface area contributed by atoms with Crippen LogP contribution in [0.4, 0.5) is 4.79 Å². The lowest BCUT2D eigenvalue weighted by Gasteiger charge is -2.25. The first-order valence-electron chi connectivity index (χ1n) is 9.91. The highest BCUT2D eigenvalue weighted by Gasteiger charge is 2.33. The number of nitrogens with one attached hydrogen (secondary N) is 1. The summed E-state index contributed by atoms with van der Waals surface area (Å²) in [7, 11) is -1.39. The molecule has 149 valence electrons. The van der Waals surface area contributed by atoms with Gasteiger partial charge in [-0.3, -0.25) is 0 Å². The van der Waals surface area contributed by atoms with Crippen molar-refractivity contribution in [2.45, 2.75) is 64.7 Å². The van der Waals surface area contributed by atoms with E-state index in [-0.39, 0.29) is 29.8 Å². The van der Waals surface area contributed by atoms with Gasteiger partial charge in [0.25, 0.3) is 9.04 Å². The molecule has 1 radical (unpaired) electrons. The molecular weight excluding hydrogens is 366 g/mol. The van der Waals surface area contributed by atoms with E-state index in [1.165, 1.54) is 15.9 Å². The van der Waals surface area contributed by atoms with Crippen molar-refractivity contribution in [2.75, 3.05) is 0 Å². The van der Waals surface area contributed by atoms with Crippen molar-refractivity contribution in [1.82, 2.24) is 5.32 Å². The maximum atomic E-state index is 11.5. The van der Waals surface area contributed by atoms with Gasteiger partial charge in [-0.15, -0.1) is 0 Å². The molecule has 0 bridgehead atoms. The van der Waals surface area contributed by atoms with E-state index in [1.54, 1.807) is 0 Å². The summed E-state index contributed by atoms with van der Waals surface area (Å²) in [5.74, 6) is 0. The minimum absolute atomic E-state index is 0.0111. The Balaban J connectivity index is 1.79. The number of hydrogen-bond acceptors (Lipinski definition) is 3. The molecule has 4 nitrogen and oxygen atoms in total. The summed E-state index contributed by atoms with van der Waals surface area (Å²) in [6.45, 7) is 10.7. The number of hydrogen-bond donors (Lipinski definition) is 1. The van der Waals surface area contributed by atoms with Crippen LogP contribution in [0.1, 0.15) is 46.6 Å². The monoisotopic (exact) mass is 396 g/mol. The van der Waals surface area contributed by atoms with Gasteiger partial charge in [0.15, 0.2) is 0 Å². The van der Waals surface area contributed by atoms with Gasteiger partial charge in [0, 0.05) is 12.5 Å². The number of benzene rings is 2. The lowest BCUT2D eigenvalue weighted by molar-refractivity contribution is 0.0937. The minimum Gasteiger partial charge on any atom is -0.444 e. The van der Waals surface area contributed by atoms with E-state index in [2.05, 4.69) is 81.5 Å². The average Bonchev–Trinajstić information content (AvgIpc) is 2.97. The van der Waals surface area contributed by atoms with Crippen LogP contribution >= 0.6 is 0 Å². The highest BCUT2D eigenvalue weighted by atomic mass is 28.3. The molecule has 0 saturated carbocycles. The normalized spacial score (nSPS) is 20.7. The maximum absolute atomic E-state index is 11.5. The van der Waals surface area contributed by atoms with Crippen molar-refractivity contribution in [1.29, 1.82) is 0 Å². The Bertz CT molecular complexity index is 786. The summed E-state index contributed by atoms with van der Waals surface area (Å²) < 4.78 is 11.9. The molecule has 1 heterocycles. The van der Waals surface area contributed by atoms with Gasteiger partial charge in [-0.1, -0.05) is 75.4 Å². The van der Waals surface area contributed by atoms with Crippen LogP contribution in [0, 0.1) is 0 Å². The minimum atomic E-state index is -1.39. The Labute approximate surface area is 170 Å². The summed E-state index contributed by atoms with van der Waals surface area (Å²) in [5, 5.41) is 5.25. The van der Waals surface area contributed by atoms with Crippen molar-refractivity contribution < 1.29 is 14.0 Å². The average molecular weight is 397 g/mol. The molecule has 1 aliphatic rings. The van der Waals surface area contributed by atoms with Crippen molar-refractivity contribution in [3.05, 3.63) is 60.2 Å². The summed E-state index contributed by atoms with van der Waals surface area (Å²) in [4.78, 5) is 11.5. The van der Waals surface area contributed by atoms with Crippen molar-refractivity contribution >= 4 is 25.5 Å². The van der Waals surface area contributed by atoms with Crippen LogP contribution in [-0.4, -0.2) is 33.4 Å². The van der Waals surface area contributed by atoms with E-state index in [9.17, 15) is 4.79 Å². The van der Waals surface area contributed by atoms with E-state index in [4.69, 9.17) is 9.16 Å². The molecule has 0 aromatic heterocycles. The number of carbonyl (C=O) groups is 1. The van der Waals surface area contributed by atoms with Crippen LogP contribution in [0.15, 0.2) is 54.6 Å². The number of rotatable bonds is 6. The first-order chi connectivity index (χ1) is 13.2. The number of amides is 1. The van der Waals surface area contributed by atoms with E-state index < -0.39 is 9.04 Å². The standard InChI is InChI=1S/C23H30NO3Si/c1-16(15-21-17(2)24-22(25)26-21)27-28(19-9-7-6-8-10-19)20-13-11-18(12-14-20)23(3,4)5/h6-14,16-17,21H,15H2,1-5H3,(H,24,25)/t16-,17?,21?/m0/s1. The van der Waals surface area contributed by atoms with Gasteiger partial charge in [-0.25, -0.2) is 4.79 Å². The summed E-state index contributed by atoms with van der Waals surface area (Å²) >= 11 is 0. The molecule has 0 aliphatic carbocycles. The Morgan fingerprint density at radius 3 is 2.21 bits per heavy atom. The fourth-order valence-electron chi connectivity index (χ4n) is 3.39. The first-order valence-corrected chi connectivity index (χ1v) is 11.3. The fraction of sp³-hybridized carbons (Fsp3) is 0.435. The Morgan fingerprint density at radius 2 is 1.68 bits per heavy atom. The van der Waals surface area contributed by atoms with E-state index >= 15 is 0 Å². The molecule has 2 unspecified atom stereocenters. The quantitative estimate of drug-likeness (QED) is 0.762. The number of cyclic esters (lactones) is 1. The Kier molecular flexibility index (Phi) is 6.25. The van der Waals surface area contributed by atoms with Gasteiger partial charge in [0.1, 0.15) is 6.10 Å². The van der Waals surface area contributed by atoms with Gasteiger partial charge in [-0.05, 0) is 35.2 Å².